The van der Waals surface area contributed by atoms with Crippen molar-refractivity contribution in [3.63, 3.8) is 0 Å². The fourth-order valence-corrected chi connectivity index (χ4v) is 2.51. The molecule has 1 fully saturated rings. The molecule has 1 amide bonds. The Morgan fingerprint density at radius 3 is 2.24 bits per heavy atom. The van der Waals surface area contributed by atoms with Gasteiger partial charge in [-0.25, -0.2) is 8.42 Å². The molecule has 5 nitrogen and oxygen atoms in total. The molecular formula is C15H22N2O3S. The van der Waals surface area contributed by atoms with Gasteiger partial charge < -0.3 is 10.6 Å². The third-order valence-electron chi connectivity index (χ3n) is 4.02. The number of benzene rings is 1. The third-order valence-corrected chi connectivity index (χ3v) is 6.05. The van der Waals surface area contributed by atoms with Crippen molar-refractivity contribution in [2.24, 2.45) is 0 Å². The topological polar surface area (TPSA) is 80.5 Å². The minimum Gasteiger partial charge on any atom is -0.399 e. The van der Waals surface area contributed by atoms with Gasteiger partial charge in [0.25, 0.3) is 0 Å². The van der Waals surface area contributed by atoms with Gasteiger partial charge in [0.15, 0.2) is 9.84 Å². The standard InChI is InChI=1S/C15H22N2O3S/c1-15(2,21(3,19)20)14(18)17(13-8-9-13)10-11-4-6-12(16)7-5-11/h4-7,13H,8-10,16H2,1-3H3. The first kappa shape index (κ1) is 15.8. The summed E-state index contributed by atoms with van der Waals surface area (Å²) in [6, 6.07) is 7.45. The number of carbonyl (C=O) groups is 1. The normalized spacial score (nSPS) is 15.8. The fraction of sp³-hybridized carbons (Fsp3) is 0.533. The van der Waals surface area contributed by atoms with Crippen LogP contribution in [-0.2, 0) is 21.2 Å². The van der Waals surface area contributed by atoms with Gasteiger partial charge in [0, 0.05) is 24.5 Å². The molecule has 1 aromatic carbocycles. The summed E-state index contributed by atoms with van der Waals surface area (Å²) in [4.78, 5) is 14.4. The van der Waals surface area contributed by atoms with Gasteiger partial charge in [-0.3, -0.25) is 4.79 Å². The third kappa shape index (κ3) is 3.37. The number of amides is 1. The molecule has 0 heterocycles. The molecule has 0 saturated heterocycles. The van der Waals surface area contributed by atoms with Crippen molar-refractivity contribution in [2.45, 2.75) is 44.0 Å². The van der Waals surface area contributed by atoms with Crippen molar-refractivity contribution in [1.82, 2.24) is 4.90 Å². The molecule has 0 unspecified atom stereocenters. The number of rotatable bonds is 5. The first-order valence-corrected chi connectivity index (χ1v) is 8.87. The summed E-state index contributed by atoms with van der Waals surface area (Å²) in [5.41, 5.74) is 7.27. The predicted octanol–water partition coefficient (Wildman–Crippen LogP) is 1.58. The van der Waals surface area contributed by atoms with E-state index in [2.05, 4.69) is 0 Å². The van der Waals surface area contributed by atoms with Crippen LogP contribution in [0.4, 0.5) is 5.69 Å². The summed E-state index contributed by atoms with van der Waals surface area (Å²) in [5.74, 6) is -0.329. The van der Waals surface area contributed by atoms with E-state index < -0.39 is 14.6 Å². The second kappa shape index (κ2) is 5.33. The van der Waals surface area contributed by atoms with Crippen LogP contribution in [0.25, 0.3) is 0 Å². The van der Waals surface area contributed by atoms with E-state index in [0.717, 1.165) is 24.7 Å². The van der Waals surface area contributed by atoms with Crippen LogP contribution in [0.1, 0.15) is 32.3 Å². The zero-order valence-electron chi connectivity index (χ0n) is 12.7. The monoisotopic (exact) mass is 310 g/mol. The molecule has 21 heavy (non-hydrogen) atoms. The molecule has 0 atom stereocenters. The lowest BCUT2D eigenvalue weighted by atomic mass is 10.1. The van der Waals surface area contributed by atoms with Gasteiger partial charge >= 0.3 is 0 Å². The van der Waals surface area contributed by atoms with Gasteiger partial charge in [0.05, 0.1) is 0 Å². The molecule has 0 spiro atoms. The van der Waals surface area contributed by atoms with Crippen molar-refractivity contribution < 1.29 is 13.2 Å². The zero-order valence-corrected chi connectivity index (χ0v) is 13.5. The average molecular weight is 310 g/mol. The summed E-state index contributed by atoms with van der Waals surface area (Å²) >= 11 is 0. The quantitative estimate of drug-likeness (QED) is 0.837. The molecule has 6 heteroatoms. The maximum absolute atomic E-state index is 12.7. The molecule has 0 bridgehead atoms. The molecule has 1 aliphatic carbocycles. The van der Waals surface area contributed by atoms with E-state index in [1.54, 1.807) is 17.0 Å². The number of hydrogen-bond acceptors (Lipinski definition) is 4. The van der Waals surface area contributed by atoms with Crippen LogP contribution < -0.4 is 5.73 Å². The number of nitrogen functional groups attached to an aromatic ring is 1. The Bertz CT molecular complexity index is 631. The van der Waals surface area contributed by atoms with E-state index in [0.29, 0.717) is 12.2 Å². The molecule has 0 aliphatic heterocycles. The Kier molecular flexibility index (Phi) is 4.02. The van der Waals surface area contributed by atoms with Gasteiger partial charge in [0.1, 0.15) is 4.75 Å². The zero-order chi connectivity index (χ0) is 15.8. The second-order valence-corrected chi connectivity index (χ2v) is 8.75. The number of nitrogens with two attached hydrogens (primary N) is 1. The molecule has 1 saturated carbocycles. The van der Waals surface area contributed by atoms with Crippen molar-refractivity contribution in [3.05, 3.63) is 29.8 Å². The van der Waals surface area contributed by atoms with Crippen LogP contribution in [0, 0.1) is 0 Å². The van der Waals surface area contributed by atoms with E-state index in [1.807, 2.05) is 12.1 Å². The van der Waals surface area contributed by atoms with Crippen molar-refractivity contribution in [2.75, 3.05) is 12.0 Å². The molecule has 116 valence electrons. The van der Waals surface area contributed by atoms with Gasteiger partial charge in [-0.05, 0) is 44.4 Å². The highest BCUT2D eigenvalue weighted by Crippen LogP contribution is 2.32. The lowest BCUT2D eigenvalue weighted by Gasteiger charge is -2.31. The SMILES string of the molecule is CC(C)(C(=O)N(Cc1ccc(N)cc1)C1CC1)S(C)(=O)=O. The van der Waals surface area contributed by atoms with Gasteiger partial charge in [-0.1, -0.05) is 12.1 Å². The summed E-state index contributed by atoms with van der Waals surface area (Å²) in [7, 11) is -3.46. The minimum atomic E-state index is -3.46. The predicted molar refractivity (Wildman–Crippen MR) is 83.3 cm³/mol. The van der Waals surface area contributed by atoms with E-state index in [4.69, 9.17) is 5.73 Å². The van der Waals surface area contributed by atoms with Crippen LogP contribution in [0.3, 0.4) is 0 Å². The largest absolute Gasteiger partial charge is 0.399 e. The van der Waals surface area contributed by atoms with Gasteiger partial charge in [-0.15, -0.1) is 0 Å². The number of hydrogen-bond donors (Lipinski definition) is 1. The van der Waals surface area contributed by atoms with Crippen LogP contribution in [-0.4, -0.2) is 36.3 Å². The van der Waals surface area contributed by atoms with Gasteiger partial charge in [0.2, 0.25) is 5.91 Å². The molecular weight excluding hydrogens is 288 g/mol. The Morgan fingerprint density at radius 1 is 1.29 bits per heavy atom. The van der Waals surface area contributed by atoms with Gasteiger partial charge in [-0.2, -0.15) is 0 Å². The molecule has 0 aromatic heterocycles. The number of anilines is 1. The summed E-state index contributed by atoms with van der Waals surface area (Å²) in [6.07, 6.45) is 2.97. The first-order valence-electron chi connectivity index (χ1n) is 6.98. The maximum Gasteiger partial charge on any atom is 0.243 e. The summed E-state index contributed by atoms with van der Waals surface area (Å²) < 4.78 is 22.4. The van der Waals surface area contributed by atoms with Crippen molar-refractivity contribution in [3.8, 4) is 0 Å². The lowest BCUT2D eigenvalue weighted by molar-refractivity contribution is -0.134. The highest BCUT2D eigenvalue weighted by molar-refractivity contribution is 7.92. The van der Waals surface area contributed by atoms with E-state index in [1.165, 1.54) is 13.8 Å². The van der Waals surface area contributed by atoms with Crippen molar-refractivity contribution in [1.29, 1.82) is 0 Å². The fourth-order valence-electron chi connectivity index (χ4n) is 2.08. The molecule has 1 aliphatic rings. The first-order chi connectivity index (χ1) is 9.63. The van der Waals surface area contributed by atoms with Crippen LogP contribution in [0.15, 0.2) is 24.3 Å². The smallest absolute Gasteiger partial charge is 0.243 e. The van der Waals surface area contributed by atoms with E-state index in [-0.39, 0.29) is 11.9 Å². The lowest BCUT2D eigenvalue weighted by Crippen LogP contribution is -2.50. The number of carbonyl (C=O) groups excluding carboxylic acids is 1. The van der Waals surface area contributed by atoms with Crippen LogP contribution in [0.5, 0.6) is 0 Å². The minimum absolute atomic E-state index is 0.149. The van der Waals surface area contributed by atoms with E-state index in [9.17, 15) is 13.2 Å². The Morgan fingerprint density at radius 2 is 1.81 bits per heavy atom. The highest BCUT2D eigenvalue weighted by Gasteiger charge is 2.45. The Hall–Kier alpha value is -1.56. The number of sulfone groups is 1. The Labute approximate surface area is 126 Å². The molecule has 2 rings (SSSR count). The highest BCUT2D eigenvalue weighted by atomic mass is 32.2. The van der Waals surface area contributed by atoms with Crippen LogP contribution >= 0.6 is 0 Å². The van der Waals surface area contributed by atoms with Crippen molar-refractivity contribution >= 4 is 21.4 Å². The number of nitrogens with zero attached hydrogens (tertiary/aromatic N) is 1. The molecule has 1 aromatic rings. The average Bonchev–Trinajstić information content (AvgIpc) is 3.20. The maximum atomic E-state index is 12.7. The molecule has 0 radical (unpaired) electrons. The van der Waals surface area contributed by atoms with Crippen LogP contribution in [0.2, 0.25) is 0 Å². The molecule has 2 N–H and O–H groups in total. The summed E-state index contributed by atoms with van der Waals surface area (Å²) in [6.45, 7) is 3.37. The van der Waals surface area contributed by atoms with E-state index >= 15 is 0 Å². The Balaban J connectivity index is 2.24. The second-order valence-electron chi connectivity index (χ2n) is 6.19. The summed E-state index contributed by atoms with van der Waals surface area (Å²) in [5, 5.41) is 0.